The minimum Gasteiger partial charge on any atom is -0.356 e. The lowest BCUT2D eigenvalue weighted by molar-refractivity contribution is -0.100. The van der Waals surface area contributed by atoms with Crippen LogP contribution in [0.1, 0.15) is 5.56 Å². The first-order chi connectivity index (χ1) is 7.85. The Morgan fingerprint density at radius 3 is 2.38 bits per heavy atom. The van der Waals surface area contributed by atoms with Crippen LogP contribution in [0.5, 0.6) is 0 Å². The highest BCUT2D eigenvalue weighted by molar-refractivity contribution is 5.85. The second-order valence-electron chi connectivity index (χ2n) is 3.74. The zero-order valence-electron chi connectivity index (χ0n) is 9.64. The molecule has 0 atom stereocenters. The maximum Gasteiger partial charge on any atom is 0.160 e. The fourth-order valence-corrected chi connectivity index (χ4v) is 1.91. The van der Waals surface area contributed by atoms with Crippen LogP contribution in [0.4, 0.5) is 0 Å². The summed E-state index contributed by atoms with van der Waals surface area (Å²) in [7, 11) is 3.33. The molecule has 0 saturated heterocycles. The molecular weight excluding hydrogens is 200 g/mol. The standard InChI is InChI=1S/C14H16O2/c1-15-14(16-2)10-12-8-5-7-11-6-3-4-9-13(11)12/h3-9,14H,10H2,1-2H3. The third-order valence-electron chi connectivity index (χ3n) is 2.79. The Morgan fingerprint density at radius 2 is 1.62 bits per heavy atom. The van der Waals surface area contributed by atoms with Gasteiger partial charge in [0, 0.05) is 20.6 Å². The van der Waals surface area contributed by atoms with Gasteiger partial charge < -0.3 is 9.47 Å². The Kier molecular flexibility index (Phi) is 3.54. The highest BCUT2D eigenvalue weighted by Gasteiger charge is 2.08. The average Bonchev–Trinajstić information content (AvgIpc) is 2.36. The lowest BCUT2D eigenvalue weighted by atomic mass is 10.0. The van der Waals surface area contributed by atoms with Crippen LogP contribution in [0.25, 0.3) is 10.8 Å². The number of fused-ring (bicyclic) bond motifs is 1. The van der Waals surface area contributed by atoms with Crippen LogP contribution in [-0.4, -0.2) is 20.5 Å². The first-order valence-corrected chi connectivity index (χ1v) is 5.37. The molecular formula is C14H16O2. The average molecular weight is 216 g/mol. The summed E-state index contributed by atoms with van der Waals surface area (Å²) in [5, 5.41) is 2.52. The van der Waals surface area contributed by atoms with Crippen molar-refractivity contribution in [2.45, 2.75) is 12.7 Å². The second-order valence-corrected chi connectivity index (χ2v) is 3.74. The number of ether oxygens (including phenoxy) is 2. The summed E-state index contributed by atoms with van der Waals surface area (Å²) in [4.78, 5) is 0. The second kappa shape index (κ2) is 5.10. The summed E-state index contributed by atoms with van der Waals surface area (Å²) in [5.41, 5.74) is 1.26. The van der Waals surface area contributed by atoms with E-state index in [4.69, 9.17) is 9.47 Å². The zero-order chi connectivity index (χ0) is 11.4. The first kappa shape index (κ1) is 11.1. The Labute approximate surface area is 95.8 Å². The van der Waals surface area contributed by atoms with Gasteiger partial charge in [-0.1, -0.05) is 42.5 Å². The van der Waals surface area contributed by atoms with Gasteiger partial charge in [0.05, 0.1) is 0 Å². The van der Waals surface area contributed by atoms with Crippen molar-refractivity contribution in [2.75, 3.05) is 14.2 Å². The molecule has 0 aliphatic carbocycles. The van der Waals surface area contributed by atoms with Crippen molar-refractivity contribution in [3.05, 3.63) is 48.0 Å². The van der Waals surface area contributed by atoms with E-state index in [-0.39, 0.29) is 6.29 Å². The van der Waals surface area contributed by atoms with E-state index in [9.17, 15) is 0 Å². The van der Waals surface area contributed by atoms with Crippen LogP contribution in [0.3, 0.4) is 0 Å². The molecule has 0 saturated carbocycles. The summed E-state index contributed by atoms with van der Waals surface area (Å²) in [5.74, 6) is 0. The molecule has 0 fully saturated rings. The fraction of sp³-hybridized carbons (Fsp3) is 0.286. The van der Waals surface area contributed by atoms with Gasteiger partial charge in [-0.05, 0) is 16.3 Å². The molecule has 0 aliphatic rings. The van der Waals surface area contributed by atoms with E-state index in [0.29, 0.717) is 0 Å². The smallest absolute Gasteiger partial charge is 0.160 e. The predicted octanol–water partition coefficient (Wildman–Crippen LogP) is 3.00. The molecule has 0 radical (unpaired) electrons. The number of benzene rings is 2. The quantitative estimate of drug-likeness (QED) is 0.731. The van der Waals surface area contributed by atoms with Gasteiger partial charge in [0.1, 0.15) is 0 Å². The molecule has 2 rings (SSSR count). The molecule has 0 spiro atoms. The highest BCUT2D eigenvalue weighted by Crippen LogP contribution is 2.20. The minimum absolute atomic E-state index is 0.175. The molecule has 2 aromatic carbocycles. The van der Waals surface area contributed by atoms with Crippen molar-refractivity contribution in [3.8, 4) is 0 Å². The molecule has 0 unspecified atom stereocenters. The maximum atomic E-state index is 5.23. The SMILES string of the molecule is COC(Cc1cccc2ccccc12)OC. The molecule has 2 heteroatoms. The van der Waals surface area contributed by atoms with Crippen LogP contribution in [0, 0.1) is 0 Å². The minimum atomic E-state index is -0.175. The predicted molar refractivity (Wildman–Crippen MR) is 65.5 cm³/mol. The Morgan fingerprint density at radius 1 is 0.938 bits per heavy atom. The Bertz CT molecular complexity index is 456. The van der Waals surface area contributed by atoms with Gasteiger partial charge in [-0.25, -0.2) is 0 Å². The molecule has 84 valence electrons. The van der Waals surface area contributed by atoms with E-state index in [1.54, 1.807) is 14.2 Å². The fourth-order valence-electron chi connectivity index (χ4n) is 1.91. The third-order valence-corrected chi connectivity index (χ3v) is 2.79. The molecule has 0 amide bonds. The van der Waals surface area contributed by atoms with E-state index in [1.807, 2.05) is 0 Å². The van der Waals surface area contributed by atoms with Crippen molar-refractivity contribution in [1.29, 1.82) is 0 Å². The monoisotopic (exact) mass is 216 g/mol. The van der Waals surface area contributed by atoms with Gasteiger partial charge in [-0.3, -0.25) is 0 Å². The van der Waals surface area contributed by atoms with Crippen LogP contribution < -0.4 is 0 Å². The van der Waals surface area contributed by atoms with Gasteiger partial charge in [0.15, 0.2) is 6.29 Å². The van der Waals surface area contributed by atoms with Crippen molar-refractivity contribution in [3.63, 3.8) is 0 Å². The lowest BCUT2D eigenvalue weighted by Gasteiger charge is -2.14. The van der Waals surface area contributed by atoms with Crippen LogP contribution >= 0.6 is 0 Å². The van der Waals surface area contributed by atoms with Crippen LogP contribution in [0.2, 0.25) is 0 Å². The van der Waals surface area contributed by atoms with E-state index in [1.165, 1.54) is 16.3 Å². The van der Waals surface area contributed by atoms with Crippen molar-refractivity contribution >= 4 is 10.8 Å². The number of hydrogen-bond donors (Lipinski definition) is 0. The van der Waals surface area contributed by atoms with E-state index in [0.717, 1.165) is 6.42 Å². The molecule has 0 N–H and O–H groups in total. The molecule has 16 heavy (non-hydrogen) atoms. The third kappa shape index (κ3) is 2.23. The molecule has 0 bridgehead atoms. The Balaban J connectivity index is 2.36. The van der Waals surface area contributed by atoms with Gasteiger partial charge in [0.2, 0.25) is 0 Å². The normalized spacial score (nSPS) is 11.2. The highest BCUT2D eigenvalue weighted by atomic mass is 16.7. The Hall–Kier alpha value is -1.38. The molecule has 0 aromatic heterocycles. The number of rotatable bonds is 4. The molecule has 2 nitrogen and oxygen atoms in total. The largest absolute Gasteiger partial charge is 0.356 e. The van der Waals surface area contributed by atoms with Gasteiger partial charge in [0.25, 0.3) is 0 Å². The van der Waals surface area contributed by atoms with Crippen molar-refractivity contribution < 1.29 is 9.47 Å². The lowest BCUT2D eigenvalue weighted by Crippen LogP contribution is -2.16. The van der Waals surface area contributed by atoms with E-state index >= 15 is 0 Å². The van der Waals surface area contributed by atoms with Gasteiger partial charge >= 0.3 is 0 Å². The maximum absolute atomic E-state index is 5.23. The topological polar surface area (TPSA) is 18.5 Å². The summed E-state index contributed by atoms with van der Waals surface area (Å²) >= 11 is 0. The van der Waals surface area contributed by atoms with Gasteiger partial charge in [-0.2, -0.15) is 0 Å². The summed E-state index contributed by atoms with van der Waals surface area (Å²) in [6, 6.07) is 14.7. The summed E-state index contributed by atoms with van der Waals surface area (Å²) < 4.78 is 10.5. The van der Waals surface area contributed by atoms with Crippen LogP contribution in [-0.2, 0) is 15.9 Å². The van der Waals surface area contributed by atoms with Crippen molar-refractivity contribution in [2.24, 2.45) is 0 Å². The summed E-state index contributed by atoms with van der Waals surface area (Å²) in [6.45, 7) is 0. The molecule has 0 aliphatic heterocycles. The zero-order valence-corrected chi connectivity index (χ0v) is 9.64. The summed E-state index contributed by atoms with van der Waals surface area (Å²) in [6.07, 6.45) is 0.597. The number of hydrogen-bond acceptors (Lipinski definition) is 2. The van der Waals surface area contributed by atoms with Crippen LogP contribution in [0.15, 0.2) is 42.5 Å². The molecule has 2 aromatic rings. The van der Waals surface area contributed by atoms with E-state index < -0.39 is 0 Å². The first-order valence-electron chi connectivity index (χ1n) is 5.37. The van der Waals surface area contributed by atoms with Gasteiger partial charge in [-0.15, -0.1) is 0 Å². The number of methoxy groups -OCH3 is 2. The van der Waals surface area contributed by atoms with E-state index in [2.05, 4.69) is 42.5 Å². The van der Waals surface area contributed by atoms with Crippen molar-refractivity contribution in [1.82, 2.24) is 0 Å². The molecule has 0 heterocycles.